The summed E-state index contributed by atoms with van der Waals surface area (Å²) in [5, 5.41) is 16.0. The number of hydrogen-bond donors (Lipinski definition) is 3. The third kappa shape index (κ3) is 8.75. The standard InChI is InChI=1S/C34H35N3O5S/c1-23(39)30(18-24-8-3-2-4-9-24)37-34(40)36-28-11-7-10-27(19-28)33-41-29(22-43-32-12-5-6-17-35-32)20-31(42-33)26-15-13-25(21-38)14-16-26/h2-17,19,29-31,33,38H,18,20-22H2,1H3,(H2,36,37,40). The lowest BCUT2D eigenvalue weighted by molar-refractivity contribution is -0.245. The maximum absolute atomic E-state index is 12.9. The first-order valence-corrected chi connectivity index (χ1v) is 15.2. The van der Waals surface area contributed by atoms with E-state index >= 15 is 0 Å². The van der Waals surface area contributed by atoms with Gasteiger partial charge in [0, 0.05) is 29.6 Å². The van der Waals surface area contributed by atoms with Crippen LogP contribution in [0.25, 0.3) is 0 Å². The Kier molecular flexibility index (Phi) is 10.6. The summed E-state index contributed by atoms with van der Waals surface area (Å²) < 4.78 is 12.9. The van der Waals surface area contributed by atoms with Gasteiger partial charge in [0.2, 0.25) is 0 Å². The summed E-state index contributed by atoms with van der Waals surface area (Å²) in [4.78, 5) is 29.6. The van der Waals surface area contributed by atoms with Crippen molar-refractivity contribution in [3.63, 3.8) is 0 Å². The van der Waals surface area contributed by atoms with Crippen LogP contribution in [0.2, 0.25) is 0 Å². The summed E-state index contributed by atoms with van der Waals surface area (Å²) >= 11 is 1.63. The van der Waals surface area contributed by atoms with E-state index in [-0.39, 0.29) is 24.6 Å². The zero-order chi connectivity index (χ0) is 30.0. The summed E-state index contributed by atoms with van der Waals surface area (Å²) in [6.07, 6.45) is 1.82. The molecule has 2 heterocycles. The van der Waals surface area contributed by atoms with Gasteiger partial charge in [-0.15, -0.1) is 11.8 Å². The van der Waals surface area contributed by atoms with Gasteiger partial charge in [-0.25, -0.2) is 9.78 Å². The number of carbonyl (C=O) groups excluding carboxylic acids is 2. The number of anilines is 1. The Morgan fingerprint density at radius 1 is 0.930 bits per heavy atom. The normalized spacial score (nSPS) is 18.9. The first-order chi connectivity index (χ1) is 21.0. The van der Waals surface area contributed by atoms with Gasteiger partial charge in [0.1, 0.15) is 0 Å². The van der Waals surface area contributed by atoms with E-state index in [2.05, 4.69) is 15.6 Å². The van der Waals surface area contributed by atoms with Crippen LogP contribution in [0.3, 0.4) is 0 Å². The van der Waals surface area contributed by atoms with Gasteiger partial charge in [0.25, 0.3) is 0 Å². The second-order valence-corrected chi connectivity index (χ2v) is 11.4. The average molecular weight is 598 g/mol. The van der Waals surface area contributed by atoms with Crippen molar-refractivity contribution < 1.29 is 24.2 Å². The number of aliphatic hydroxyl groups is 1. The van der Waals surface area contributed by atoms with Crippen LogP contribution in [-0.2, 0) is 27.3 Å². The average Bonchev–Trinajstić information content (AvgIpc) is 3.04. The number of aliphatic hydroxyl groups excluding tert-OH is 1. The van der Waals surface area contributed by atoms with Crippen LogP contribution in [-0.4, -0.2) is 39.8 Å². The molecular formula is C34H35N3O5S. The third-order valence-electron chi connectivity index (χ3n) is 7.17. The van der Waals surface area contributed by atoms with Crippen molar-refractivity contribution >= 4 is 29.3 Å². The molecule has 1 aromatic heterocycles. The van der Waals surface area contributed by atoms with Gasteiger partial charge in [0.15, 0.2) is 12.1 Å². The number of urea groups is 1. The number of pyridine rings is 1. The summed E-state index contributed by atoms with van der Waals surface area (Å²) in [5.74, 6) is 0.570. The second-order valence-electron chi connectivity index (χ2n) is 10.4. The van der Waals surface area contributed by atoms with Crippen molar-refractivity contribution in [2.45, 2.75) is 55.9 Å². The van der Waals surface area contributed by atoms with Crippen LogP contribution >= 0.6 is 11.8 Å². The molecule has 8 nitrogen and oxygen atoms in total. The summed E-state index contributed by atoms with van der Waals surface area (Å²) in [6, 6.07) is 29.4. The molecule has 0 bridgehead atoms. The highest BCUT2D eigenvalue weighted by molar-refractivity contribution is 7.99. The summed E-state index contributed by atoms with van der Waals surface area (Å²) in [7, 11) is 0. The molecule has 3 N–H and O–H groups in total. The Labute approximate surface area is 255 Å². The number of rotatable bonds is 11. The molecule has 4 aromatic rings. The number of carbonyl (C=O) groups is 2. The highest BCUT2D eigenvalue weighted by Crippen LogP contribution is 2.39. The van der Waals surface area contributed by atoms with Crippen molar-refractivity contribution in [3.05, 3.63) is 126 Å². The van der Waals surface area contributed by atoms with E-state index in [1.165, 1.54) is 6.92 Å². The molecule has 3 aromatic carbocycles. The van der Waals surface area contributed by atoms with E-state index in [0.29, 0.717) is 24.3 Å². The smallest absolute Gasteiger partial charge is 0.319 e. The van der Waals surface area contributed by atoms with Gasteiger partial charge in [-0.3, -0.25) is 4.79 Å². The van der Waals surface area contributed by atoms with Gasteiger partial charge in [0.05, 0.1) is 29.9 Å². The molecule has 0 aliphatic carbocycles. The number of nitrogens with zero attached hydrogens (tertiary/aromatic N) is 1. The number of benzene rings is 3. The van der Waals surface area contributed by atoms with Crippen molar-refractivity contribution in [2.24, 2.45) is 0 Å². The highest BCUT2D eigenvalue weighted by atomic mass is 32.2. The van der Waals surface area contributed by atoms with Crippen LogP contribution in [0.1, 0.15) is 48.0 Å². The number of aromatic nitrogens is 1. The summed E-state index contributed by atoms with van der Waals surface area (Å²) in [6.45, 7) is 1.45. The predicted octanol–water partition coefficient (Wildman–Crippen LogP) is 6.23. The molecule has 4 unspecified atom stereocenters. The Balaban J connectivity index is 1.29. The fourth-order valence-electron chi connectivity index (χ4n) is 4.87. The van der Waals surface area contributed by atoms with E-state index < -0.39 is 18.4 Å². The fourth-order valence-corrected chi connectivity index (χ4v) is 5.75. The third-order valence-corrected chi connectivity index (χ3v) is 8.24. The van der Waals surface area contributed by atoms with Crippen molar-refractivity contribution in [2.75, 3.05) is 11.1 Å². The zero-order valence-corrected chi connectivity index (χ0v) is 24.7. The lowest BCUT2D eigenvalue weighted by atomic mass is 10.0. The minimum atomic E-state index is -0.668. The maximum Gasteiger partial charge on any atom is 0.319 e. The second kappa shape index (κ2) is 14.9. The molecule has 0 spiro atoms. The van der Waals surface area contributed by atoms with Crippen molar-refractivity contribution in [3.8, 4) is 0 Å². The number of ketones is 1. The topological polar surface area (TPSA) is 110 Å². The van der Waals surface area contributed by atoms with Gasteiger partial charge in [-0.1, -0.05) is 72.8 Å². The quantitative estimate of drug-likeness (QED) is 0.176. The van der Waals surface area contributed by atoms with Crippen molar-refractivity contribution in [1.82, 2.24) is 10.3 Å². The van der Waals surface area contributed by atoms with Crippen molar-refractivity contribution in [1.29, 1.82) is 0 Å². The largest absolute Gasteiger partial charge is 0.392 e. The Bertz CT molecular complexity index is 1490. The van der Waals surface area contributed by atoms with Crippen LogP contribution in [0.4, 0.5) is 10.5 Å². The fraction of sp³-hybridized carbons (Fsp3) is 0.265. The first-order valence-electron chi connectivity index (χ1n) is 14.2. The summed E-state index contributed by atoms with van der Waals surface area (Å²) in [5.41, 5.74) is 4.11. The molecular weight excluding hydrogens is 562 g/mol. The minimum Gasteiger partial charge on any atom is -0.392 e. The number of Topliss-reactive ketones (excluding diaryl/α,β-unsaturated/α-hetero) is 1. The van der Waals surface area contributed by atoms with Gasteiger partial charge in [-0.2, -0.15) is 0 Å². The SMILES string of the molecule is CC(=O)C(Cc1ccccc1)NC(=O)Nc1cccc(C2OC(CSc3ccccn3)CC(c3ccc(CO)cc3)O2)c1. The molecule has 1 saturated heterocycles. The molecule has 2 amide bonds. The lowest BCUT2D eigenvalue weighted by Crippen LogP contribution is -2.43. The number of thioether (sulfide) groups is 1. The van der Waals surface area contributed by atoms with Gasteiger partial charge >= 0.3 is 6.03 Å². The molecule has 0 saturated carbocycles. The van der Waals surface area contributed by atoms with E-state index in [4.69, 9.17) is 9.47 Å². The Morgan fingerprint density at radius 3 is 2.44 bits per heavy atom. The van der Waals surface area contributed by atoms with E-state index in [9.17, 15) is 14.7 Å². The number of nitrogens with one attached hydrogen (secondary N) is 2. The van der Waals surface area contributed by atoms with E-state index in [1.807, 2.05) is 91.0 Å². The molecule has 4 atom stereocenters. The first kappa shape index (κ1) is 30.4. The predicted molar refractivity (Wildman–Crippen MR) is 167 cm³/mol. The highest BCUT2D eigenvalue weighted by Gasteiger charge is 2.32. The molecule has 222 valence electrons. The van der Waals surface area contributed by atoms with Crippen LogP contribution < -0.4 is 10.6 Å². The number of amides is 2. The Hall–Kier alpha value is -4.02. The molecule has 43 heavy (non-hydrogen) atoms. The van der Waals surface area contributed by atoms with Crippen LogP contribution in [0.5, 0.6) is 0 Å². The molecule has 1 fully saturated rings. The molecule has 9 heteroatoms. The van der Waals surface area contributed by atoms with Crippen LogP contribution in [0.15, 0.2) is 108 Å². The molecule has 5 rings (SSSR count). The molecule has 1 aliphatic heterocycles. The van der Waals surface area contributed by atoms with E-state index in [0.717, 1.165) is 27.3 Å². The Morgan fingerprint density at radius 2 is 1.72 bits per heavy atom. The molecule has 0 radical (unpaired) electrons. The zero-order valence-electron chi connectivity index (χ0n) is 23.9. The number of hydrogen-bond acceptors (Lipinski definition) is 7. The monoisotopic (exact) mass is 597 g/mol. The van der Waals surface area contributed by atoms with Crippen LogP contribution in [0, 0.1) is 0 Å². The van der Waals surface area contributed by atoms with E-state index in [1.54, 1.807) is 24.0 Å². The minimum absolute atomic E-state index is 0.0202. The van der Waals surface area contributed by atoms with Gasteiger partial charge in [-0.05, 0) is 54.3 Å². The lowest BCUT2D eigenvalue weighted by Gasteiger charge is -2.36. The molecule has 1 aliphatic rings. The van der Waals surface area contributed by atoms with Gasteiger partial charge < -0.3 is 25.2 Å². The maximum atomic E-state index is 12.9. The number of ether oxygens (including phenoxy) is 2.